The van der Waals surface area contributed by atoms with Gasteiger partial charge in [-0.15, -0.1) is 11.3 Å². The second-order valence-electron chi connectivity index (χ2n) is 13.8. The molecule has 0 aliphatic carbocycles. The van der Waals surface area contributed by atoms with Crippen molar-refractivity contribution in [2.24, 2.45) is 0 Å². The van der Waals surface area contributed by atoms with Crippen LogP contribution in [0.4, 0.5) is 0 Å². The predicted molar refractivity (Wildman–Crippen MR) is 232 cm³/mol. The van der Waals surface area contributed by atoms with Crippen molar-refractivity contribution in [1.82, 2.24) is 24.5 Å². The number of para-hydroxylation sites is 3. The zero-order chi connectivity index (χ0) is 37.0. The second-order valence-corrected chi connectivity index (χ2v) is 14.8. The van der Waals surface area contributed by atoms with Crippen molar-refractivity contribution < 1.29 is 0 Å². The summed E-state index contributed by atoms with van der Waals surface area (Å²) in [5.74, 6) is 1.92. The van der Waals surface area contributed by atoms with E-state index >= 15 is 0 Å². The van der Waals surface area contributed by atoms with Crippen LogP contribution >= 0.6 is 11.3 Å². The number of pyridine rings is 1. The van der Waals surface area contributed by atoms with Crippen molar-refractivity contribution in [3.05, 3.63) is 188 Å². The zero-order valence-corrected chi connectivity index (χ0v) is 30.9. The standard InChI is InChI=1S/C50H31N5S/c1-5-16-33(17-6-1)43-42-45-47(39-24-13-14-27-41(39)55(45)37-22-11-4-12-23-37)56-46(42)40-26-15-25-38(44(40)51-43)32-28-30-36(31-29-32)50-53-48(34-18-7-2-8-19-34)52-49(54-50)35-20-9-3-10-21-35/h1-31H. The monoisotopic (exact) mass is 733 g/mol. The molecule has 0 unspecified atom stereocenters. The van der Waals surface area contributed by atoms with Crippen LogP contribution in [-0.2, 0) is 0 Å². The van der Waals surface area contributed by atoms with Gasteiger partial charge in [0.25, 0.3) is 0 Å². The highest BCUT2D eigenvalue weighted by Crippen LogP contribution is 2.48. The Bertz CT molecular complexity index is 3150. The largest absolute Gasteiger partial charge is 0.308 e. The molecule has 4 heterocycles. The molecule has 11 rings (SSSR count). The quantitative estimate of drug-likeness (QED) is 0.171. The summed E-state index contributed by atoms with van der Waals surface area (Å²) >= 11 is 1.86. The fraction of sp³-hybridized carbons (Fsp3) is 0. The zero-order valence-electron chi connectivity index (χ0n) is 30.0. The Morgan fingerprint density at radius 3 is 1.50 bits per heavy atom. The molecular weight excluding hydrogens is 703 g/mol. The van der Waals surface area contributed by atoms with Gasteiger partial charge in [0.15, 0.2) is 17.5 Å². The van der Waals surface area contributed by atoms with E-state index in [0.717, 1.165) is 55.7 Å². The number of benzene rings is 7. The number of fused-ring (bicyclic) bond motifs is 7. The summed E-state index contributed by atoms with van der Waals surface area (Å²) in [6.07, 6.45) is 0. The van der Waals surface area contributed by atoms with Gasteiger partial charge in [0.2, 0.25) is 0 Å². The summed E-state index contributed by atoms with van der Waals surface area (Å²) in [4.78, 5) is 20.4. The third-order valence-electron chi connectivity index (χ3n) is 10.5. The van der Waals surface area contributed by atoms with Crippen LogP contribution in [0.15, 0.2) is 188 Å². The summed E-state index contributed by atoms with van der Waals surface area (Å²) in [7, 11) is 0. The van der Waals surface area contributed by atoms with Crippen LogP contribution in [0.2, 0.25) is 0 Å². The molecule has 0 aliphatic heterocycles. The molecule has 0 atom stereocenters. The van der Waals surface area contributed by atoms with Gasteiger partial charge in [0.1, 0.15) is 0 Å². The topological polar surface area (TPSA) is 56.5 Å². The molecule has 4 aromatic heterocycles. The third kappa shape index (κ3) is 5.30. The van der Waals surface area contributed by atoms with Crippen molar-refractivity contribution in [1.29, 1.82) is 0 Å². The van der Waals surface area contributed by atoms with Crippen molar-refractivity contribution in [3.63, 3.8) is 0 Å². The summed E-state index contributed by atoms with van der Waals surface area (Å²) in [6.45, 7) is 0. The highest BCUT2D eigenvalue weighted by molar-refractivity contribution is 7.27. The van der Waals surface area contributed by atoms with Crippen LogP contribution in [0.5, 0.6) is 0 Å². The molecule has 5 nitrogen and oxygen atoms in total. The van der Waals surface area contributed by atoms with Gasteiger partial charge in [-0.2, -0.15) is 0 Å². The Kier molecular flexibility index (Phi) is 7.60. The summed E-state index contributed by atoms with van der Waals surface area (Å²) in [5, 5.41) is 3.56. The molecule has 0 N–H and O–H groups in total. The van der Waals surface area contributed by atoms with Crippen molar-refractivity contribution in [3.8, 4) is 62.2 Å². The van der Waals surface area contributed by atoms with E-state index in [1.807, 2.05) is 72.0 Å². The van der Waals surface area contributed by atoms with E-state index in [-0.39, 0.29) is 0 Å². The SMILES string of the molecule is c1ccc(-c2nc(-c3ccccc3)nc(-c3ccc(-c4cccc5c4nc(-c4ccccc4)c4c5sc5c6ccccc6n(-c6ccccc6)c54)cc3)n2)cc1. The van der Waals surface area contributed by atoms with Gasteiger partial charge in [-0.25, -0.2) is 19.9 Å². The number of thiophene rings is 1. The van der Waals surface area contributed by atoms with Crippen LogP contribution in [0.1, 0.15) is 0 Å². The maximum Gasteiger partial charge on any atom is 0.164 e. The van der Waals surface area contributed by atoms with Crippen LogP contribution in [0.25, 0.3) is 104 Å². The lowest BCUT2D eigenvalue weighted by atomic mass is 9.98. The van der Waals surface area contributed by atoms with Crippen molar-refractivity contribution in [2.45, 2.75) is 0 Å². The van der Waals surface area contributed by atoms with Gasteiger partial charge in [-0.3, -0.25) is 0 Å². The lowest BCUT2D eigenvalue weighted by Crippen LogP contribution is -2.00. The molecule has 0 amide bonds. The maximum atomic E-state index is 5.61. The van der Waals surface area contributed by atoms with Gasteiger partial charge >= 0.3 is 0 Å². The lowest BCUT2D eigenvalue weighted by Gasteiger charge is -2.13. The molecule has 0 saturated carbocycles. The molecular formula is C50H31N5S. The fourth-order valence-electron chi connectivity index (χ4n) is 7.84. The van der Waals surface area contributed by atoms with E-state index in [0.29, 0.717) is 17.5 Å². The fourth-order valence-corrected chi connectivity index (χ4v) is 9.19. The predicted octanol–water partition coefficient (Wildman–Crippen LogP) is 13.1. The smallest absolute Gasteiger partial charge is 0.164 e. The minimum Gasteiger partial charge on any atom is -0.308 e. The van der Waals surface area contributed by atoms with Gasteiger partial charge in [-0.1, -0.05) is 170 Å². The van der Waals surface area contributed by atoms with Crippen LogP contribution < -0.4 is 0 Å². The van der Waals surface area contributed by atoms with Gasteiger partial charge in [0.05, 0.1) is 26.9 Å². The average Bonchev–Trinajstić information content (AvgIpc) is 3.83. The van der Waals surface area contributed by atoms with E-state index in [4.69, 9.17) is 19.9 Å². The van der Waals surface area contributed by atoms with Gasteiger partial charge in [-0.05, 0) is 23.8 Å². The number of rotatable bonds is 6. The van der Waals surface area contributed by atoms with E-state index in [9.17, 15) is 0 Å². The number of hydrogen-bond acceptors (Lipinski definition) is 5. The second kappa shape index (κ2) is 13.2. The average molecular weight is 734 g/mol. The Balaban J connectivity index is 1.11. The first-order valence-electron chi connectivity index (χ1n) is 18.7. The highest BCUT2D eigenvalue weighted by Gasteiger charge is 2.24. The van der Waals surface area contributed by atoms with Crippen molar-refractivity contribution >= 4 is 53.4 Å². The molecule has 0 aliphatic rings. The third-order valence-corrected chi connectivity index (χ3v) is 11.7. The molecule has 0 radical (unpaired) electrons. The van der Waals surface area contributed by atoms with E-state index in [2.05, 4.69) is 132 Å². The Labute approximate surface area is 326 Å². The van der Waals surface area contributed by atoms with E-state index < -0.39 is 0 Å². The van der Waals surface area contributed by atoms with Crippen LogP contribution in [0.3, 0.4) is 0 Å². The molecule has 0 saturated heterocycles. The normalized spacial score (nSPS) is 11.6. The Morgan fingerprint density at radius 1 is 0.375 bits per heavy atom. The molecule has 7 aromatic carbocycles. The Morgan fingerprint density at radius 2 is 0.875 bits per heavy atom. The molecule has 262 valence electrons. The first-order valence-corrected chi connectivity index (χ1v) is 19.5. The number of aromatic nitrogens is 5. The molecule has 0 bridgehead atoms. The molecule has 0 spiro atoms. The highest BCUT2D eigenvalue weighted by atomic mass is 32.1. The van der Waals surface area contributed by atoms with E-state index in [1.165, 1.54) is 31.2 Å². The summed E-state index contributed by atoms with van der Waals surface area (Å²) in [5.41, 5.74) is 11.5. The molecule has 11 aromatic rings. The summed E-state index contributed by atoms with van der Waals surface area (Å²) in [6, 6.07) is 65.3. The number of nitrogens with zero attached hydrogens (tertiary/aromatic N) is 5. The maximum absolute atomic E-state index is 5.61. The minimum absolute atomic E-state index is 0.629. The first kappa shape index (κ1) is 32.2. The first-order chi connectivity index (χ1) is 27.8. The van der Waals surface area contributed by atoms with Crippen LogP contribution in [-0.4, -0.2) is 24.5 Å². The molecule has 6 heteroatoms. The minimum atomic E-state index is 0.629. The lowest BCUT2D eigenvalue weighted by molar-refractivity contribution is 1.07. The molecule has 0 fully saturated rings. The Hall–Kier alpha value is -7.28. The molecule has 56 heavy (non-hydrogen) atoms. The van der Waals surface area contributed by atoms with E-state index in [1.54, 1.807) is 0 Å². The van der Waals surface area contributed by atoms with Gasteiger partial charge < -0.3 is 4.57 Å². The number of hydrogen-bond donors (Lipinski definition) is 0. The summed E-state index contributed by atoms with van der Waals surface area (Å²) < 4.78 is 4.92. The van der Waals surface area contributed by atoms with Crippen molar-refractivity contribution in [2.75, 3.05) is 0 Å². The van der Waals surface area contributed by atoms with Crippen LogP contribution in [0, 0.1) is 0 Å². The van der Waals surface area contributed by atoms with Gasteiger partial charge in [0, 0.05) is 54.4 Å².